The third kappa shape index (κ3) is 3.65. The Kier molecular flexibility index (Phi) is 4.51. The van der Waals surface area contributed by atoms with Gasteiger partial charge in [0.2, 0.25) is 0 Å². The highest BCUT2D eigenvalue weighted by Crippen LogP contribution is 2.32. The van der Waals surface area contributed by atoms with Crippen molar-refractivity contribution in [2.24, 2.45) is 0 Å². The van der Waals surface area contributed by atoms with Crippen LogP contribution in [-0.2, 0) is 17.9 Å². The van der Waals surface area contributed by atoms with Gasteiger partial charge in [0.05, 0.1) is 12.2 Å². The van der Waals surface area contributed by atoms with Crippen LogP contribution in [0.25, 0.3) is 0 Å². The Labute approximate surface area is 153 Å². The molecule has 0 radical (unpaired) electrons. The number of rotatable bonds is 5. The Morgan fingerprint density at radius 1 is 1.23 bits per heavy atom. The van der Waals surface area contributed by atoms with Gasteiger partial charge in [-0.15, -0.1) is 0 Å². The van der Waals surface area contributed by atoms with Gasteiger partial charge in [-0.3, -0.25) is 9.88 Å². The lowest BCUT2D eigenvalue weighted by atomic mass is 10.0. The fourth-order valence-corrected chi connectivity index (χ4v) is 3.70. The molecule has 0 aliphatic carbocycles. The van der Waals surface area contributed by atoms with Crippen LogP contribution in [0, 0.1) is 0 Å². The van der Waals surface area contributed by atoms with Crippen LogP contribution in [-0.4, -0.2) is 53.2 Å². The number of aromatic nitrogens is 1. The van der Waals surface area contributed by atoms with E-state index in [9.17, 15) is 4.79 Å². The van der Waals surface area contributed by atoms with Crippen molar-refractivity contribution in [1.82, 2.24) is 14.8 Å². The Morgan fingerprint density at radius 2 is 2.15 bits per heavy atom. The number of amides is 1. The second-order valence-electron chi connectivity index (χ2n) is 7.12. The Morgan fingerprint density at radius 3 is 2.92 bits per heavy atom. The summed E-state index contributed by atoms with van der Waals surface area (Å²) in [5, 5.41) is 0. The maximum atomic E-state index is 11.7. The summed E-state index contributed by atoms with van der Waals surface area (Å²) >= 11 is 0. The van der Waals surface area contributed by atoms with Gasteiger partial charge in [-0.1, -0.05) is 18.2 Å². The van der Waals surface area contributed by atoms with Crippen molar-refractivity contribution >= 4 is 6.09 Å². The van der Waals surface area contributed by atoms with Crippen LogP contribution < -0.4 is 4.74 Å². The summed E-state index contributed by atoms with van der Waals surface area (Å²) in [4.78, 5) is 20.0. The predicted octanol–water partition coefficient (Wildman–Crippen LogP) is 2.69. The van der Waals surface area contributed by atoms with Crippen LogP contribution >= 0.6 is 0 Å². The first-order chi connectivity index (χ1) is 12.6. The molecule has 0 N–H and O–H groups in total. The number of hydrogen-bond acceptors (Lipinski definition) is 5. The van der Waals surface area contributed by atoms with E-state index in [1.165, 1.54) is 5.56 Å². The fraction of sp³-hybridized carbons (Fsp3) is 0.400. The minimum Gasteiger partial charge on any atom is -0.487 e. The minimum atomic E-state index is -0.334. The van der Waals surface area contributed by atoms with E-state index in [0.717, 1.165) is 37.5 Å². The highest BCUT2D eigenvalue weighted by molar-refractivity contribution is 5.70. The van der Waals surface area contributed by atoms with Crippen molar-refractivity contribution in [3.63, 3.8) is 0 Å². The van der Waals surface area contributed by atoms with E-state index < -0.39 is 0 Å². The molecule has 6 nitrogen and oxygen atoms in total. The first kappa shape index (κ1) is 16.8. The van der Waals surface area contributed by atoms with Crippen molar-refractivity contribution < 1.29 is 14.3 Å². The Balaban J connectivity index is 1.35. The predicted molar refractivity (Wildman–Crippen MR) is 96.7 cm³/mol. The molecule has 2 aromatic rings. The lowest BCUT2D eigenvalue weighted by Gasteiger charge is -2.22. The average Bonchev–Trinajstić information content (AvgIpc) is 3.16. The van der Waals surface area contributed by atoms with Crippen LogP contribution in [0.4, 0.5) is 4.79 Å². The van der Waals surface area contributed by atoms with Gasteiger partial charge in [0.1, 0.15) is 18.0 Å². The summed E-state index contributed by atoms with van der Waals surface area (Å²) in [7, 11) is 1.79. The molecule has 2 saturated heterocycles. The van der Waals surface area contributed by atoms with E-state index in [-0.39, 0.29) is 11.7 Å². The number of likely N-dealkylation sites (tertiary alicyclic amines) is 1. The number of pyridine rings is 1. The molecule has 136 valence electrons. The van der Waals surface area contributed by atoms with Gasteiger partial charge in [-0.05, 0) is 29.8 Å². The molecule has 0 saturated carbocycles. The number of carbonyl (C=O) groups excluding carboxylic acids is 1. The lowest BCUT2D eigenvalue weighted by molar-refractivity contribution is 0.0627. The molecule has 4 rings (SSSR count). The van der Waals surface area contributed by atoms with Gasteiger partial charge in [0.15, 0.2) is 0 Å². The second kappa shape index (κ2) is 6.96. The zero-order chi connectivity index (χ0) is 18.0. The molecule has 6 heteroatoms. The number of ether oxygens (including phenoxy) is 2. The molecular weight excluding hydrogens is 330 g/mol. The highest BCUT2D eigenvalue weighted by atomic mass is 16.6. The quantitative estimate of drug-likeness (QED) is 0.827. The smallest absolute Gasteiger partial charge is 0.410 e. The van der Waals surface area contributed by atoms with Crippen molar-refractivity contribution in [1.29, 1.82) is 0 Å². The SMILES string of the molecule is CN1C[C@@]2(CCN(Cc3cccc(OCc4ccccn4)c3)C2)OC1=O. The summed E-state index contributed by atoms with van der Waals surface area (Å²) in [6.07, 6.45) is 2.45. The number of benzene rings is 1. The van der Waals surface area contributed by atoms with Crippen LogP contribution in [0.3, 0.4) is 0 Å². The summed E-state index contributed by atoms with van der Waals surface area (Å²) < 4.78 is 11.5. The molecule has 1 aromatic carbocycles. The first-order valence-electron chi connectivity index (χ1n) is 8.90. The van der Waals surface area contributed by atoms with E-state index in [4.69, 9.17) is 9.47 Å². The summed E-state index contributed by atoms with van der Waals surface area (Å²) in [5.74, 6) is 0.842. The molecule has 0 bridgehead atoms. The number of likely N-dealkylation sites (N-methyl/N-ethyl adjacent to an activating group) is 1. The molecule has 26 heavy (non-hydrogen) atoms. The highest BCUT2D eigenvalue weighted by Gasteiger charge is 2.48. The van der Waals surface area contributed by atoms with E-state index >= 15 is 0 Å². The molecule has 2 aliphatic heterocycles. The van der Waals surface area contributed by atoms with Gasteiger partial charge in [-0.25, -0.2) is 4.79 Å². The first-order valence-corrected chi connectivity index (χ1v) is 8.90. The minimum absolute atomic E-state index is 0.211. The van der Waals surface area contributed by atoms with Gasteiger partial charge in [0.25, 0.3) is 0 Å². The maximum absolute atomic E-state index is 11.7. The van der Waals surface area contributed by atoms with Gasteiger partial charge >= 0.3 is 6.09 Å². The van der Waals surface area contributed by atoms with Gasteiger partial charge in [-0.2, -0.15) is 0 Å². The third-order valence-electron chi connectivity index (χ3n) is 4.95. The van der Waals surface area contributed by atoms with Crippen LogP contribution in [0.2, 0.25) is 0 Å². The lowest BCUT2D eigenvalue weighted by Crippen LogP contribution is -2.37. The van der Waals surface area contributed by atoms with Crippen molar-refractivity contribution in [3.8, 4) is 5.75 Å². The van der Waals surface area contributed by atoms with E-state index in [1.54, 1.807) is 18.1 Å². The van der Waals surface area contributed by atoms with Crippen molar-refractivity contribution in [2.75, 3.05) is 26.7 Å². The largest absolute Gasteiger partial charge is 0.487 e. The third-order valence-corrected chi connectivity index (χ3v) is 4.95. The standard InChI is InChI=1S/C20H23N3O3/c1-22-14-20(26-19(22)24)8-10-23(15-20)12-16-5-4-7-18(11-16)25-13-17-6-2-3-9-21-17/h2-7,9,11H,8,10,12-15H2,1H3/t20-/m1/s1. The normalized spacial score (nSPS) is 22.8. The molecule has 1 amide bonds. The van der Waals surface area contributed by atoms with E-state index in [2.05, 4.69) is 22.0 Å². The van der Waals surface area contributed by atoms with Gasteiger partial charge < -0.3 is 14.4 Å². The fourth-order valence-electron chi connectivity index (χ4n) is 3.70. The number of nitrogens with zero attached hydrogens (tertiary/aromatic N) is 3. The molecule has 1 atom stereocenters. The molecule has 2 fully saturated rings. The zero-order valence-electron chi connectivity index (χ0n) is 14.9. The zero-order valence-corrected chi connectivity index (χ0v) is 14.9. The molecule has 1 aromatic heterocycles. The topological polar surface area (TPSA) is 54.9 Å². The van der Waals surface area contributed by atoms with Crippen LogP contribution in [0.15, 0.2) is 48.7 Å². The van der Waals surface area contributed by atoms with E-state index in [1.807, 2.05) is 30.3 Å². The second-order valence-corrected chi connectivity index (χ2v) is 7.12. The summed E-state index contributed by atoms with van der Waals surface area (Å²) in [6, 6.07) is 14.0. The van der Waals surface area contributed by atoms with Gasteiger partial charge in [0, 0.05) is 39.3 Å². The summed E-state index contributed by atoms with van der Waals surface area (Å²) in [6.45, 7) is 3.67. The Hall–Kier alpha value is -2.60. The summed E-state index contributed by atoms with van der Waals surface area (Å²) in [5.41, 5.74) is 1.77. The Bertz CT molecular complexity index is 783. The van der Waals surface area contributed by atoms with Crippen molar-refractivity contribution in [2.45, 2.75) is 25.2 Å². The molecule has 2 aliphatic rings. The monoisotopic (exact) mass is 353 g/mol. The average molecular weight is 353 g/mol. The molecule has 0 unspecified atom stereocenters. The molecule has 3 heterocycles. The molecular formula is C20H23N3O3. The molecule has 1 spiro atoms. The number of carbonyl (C=O) groups is 1. The number of hydrogen-bond donors (Lipinski definition) is 0. The van der Waals surface area contributed by atoms with E-state index in [0.29, 0.717) is 13.2 Å². The van der Waals surface area contributed by atoms with Crippen molar-refractivity contribution in [3.05, 3.63) is 59.9 Å². The van der Waals surface area contributed by atoms with Crippen LogP contribution in [0.1, 0.15) is 17.7 Å². The maximum Gasteiger partial charge on any atom is 0.410 e. The van der Waals surface area contributed by atoms with Crippen LogP contribution in [0.5, 0.6) is 5.75 Å².